The van der Waals surface area contributed by atoms with Crippen LogP contribution in [-0.2, 0) is 0 Å². The second kappa shape index (κ2) is 4.70. The van der Waals surface area contributed by atoms with Crippen molar-refractivity contribution in [1.29, 1.82) is 0 Å². The number of halogens is 1. The Labute approximate surface area is 91.5 Å². The van der Waals surface area contributed by atoms with Crippen LogP contribution >= 0.6 is 11.6 Å². The molecule has 1 rings (SSSR count). The summed E-state index contributed by atoms with van der Waals surface area (Å²) >= 11 is 6.03. The third-order valence-electron chi connectivity index (χ3n) is 2.59. The fourth-order valence-electron chi connectivity index (χ4n) is 1.06. The fourth-order valence-corrected chi connectivity index (χ4v) is 1.27. The Morgan fingerprint density at radius 2 is 1.93 bits per heavy atom. The first-order chi connectivity index (χ1) is 6.55. The highest BCUT2D eigenvalue weighted by atomic mass is 35.5. The second-order valence-corrected chi connectivity index (χ2v) is 4.76. The van der Waals surface area contributed by atoms with E-state index in [1.807, 2.05) is 24.3 Å². The number of para-hydroxylation sites is 1. The molecule has 0 aliphatic carbocycles. The zero-order chi connectivity index (χ0) is 10.6. The predicted octanol–water partition coefficient (Wildman–Crippen LogP) is 4.19. The smallest absolute Gasteiger partial charge is 0.0637 e. The molecular formula is C12H18ClN. The highest BCUT2D eigenvalue weighted by molar-refractivity contribution is 6.33. The van der Waals surface area contributed by atoms with Crippen LogP contribution in [0.1, 0.15) is 27.2 Å². The van der Waals surface area contributed by atoms with Crippen LogP contribution in [0.3, 0.4) is 0 Å². The summed E-state index contributed by atoms with van der Waals surface area (Å²) in [5.74, 6) is 0. The Morgan fingerprint density at radius 1 is 1.29 bits per heavy atom. The van der Waals surface area contributed by atoms with Gasteiger partial charge in [-0.15, -0.1) is 0 Å². The maximum atomic E-state index is 6.03. The van der Waals surface area contributed by atoms with Gasteiger partial charge in [0.15, 0.2) is 0 Å². The average Bonchev–Trinajstić information content (AvgIpc) is 2.17. The molecule has 0 aliphatic rings. The van der Waals surface area contributed by atoms with E-state index in [9.17, 15) is 0 Å². The highest BCUT2D eigenvalue weighted by Gasteiger charge is 2.14. The van der Waals surface area contributed by atoms with Crippen molar-refractivity contribution < 1.29 is 0 Å². The second-order valence-electron chi connectivity index (χ2n) is 4.35. The minimum Gasteiger partial charge on any atom is -0.383 e. The summed E-state index contributed by atoms with van der Waals surface area (Å²) in [7, 11) is 0. The van der Waals surface area contributed by atoms with Gasteiger partial charge in [-0.05, 0) is 24.0 Å². The van der Waals surface area contributed by atoms with Crippen LogP contribution in [0, 0.1) is 5.41 Å². The van der Waals surface area contributed by atoms with Gasteiger partial charge in [0.2, 0.25) is 0 Å². The SMILES string of the molecule is CCC(C)(C)CNc1ccccc1Cl. The lowest BCUT2D eigenvalue weighted by Crippen LogP contribution is -2.22. The normalized spacial score (nSPS) is 11.4. The van der Waals surface area contributed by atoms with Crippen molar-refractivity contribution in [2.75, 3.05) is 11.9 Å². The first kappa shape index (κ1) is 11.4. The molecule has 0 heterocycles. The van der Waals surface area contributed by atoms with Crippen molar-refractivity contribution in [1.82, 2.24) is 0 Å². The average molecular weight is 212 g/mol. The molecule has 0 aromatic heterocycles. The zero-order valence-electron chi connectivity index (χ0n) is 9.10. The first-order valence-corrected chi connectivity index (χ1v) is 5.41. The molecule has 1 aromatic rings. The van der Waals surface area contributed by atoms with Gasteiger partial charge in [0, 0.05) is 6.54 Å². The van der Waals surface area contributed by atoms with Gasteiger partial charge >= 0.3 is 0 Å². The maximum Gasteiger partial charge on any atom is 0.0637 e. The molecular weight excluding hydrogens is 194 g/mol. The van der Waals surface area contributed by atoms with Gasteiger partial charge in [-0.3, -0.25) is 0 Å². The van der Waals surface area contributed by atoms with Gasteiger partial charge in [-0.25, -0.2) is 0 Å². The lowest BCUT2D eigenvalue weighted by Gasteiger charge is -2.23. The summed E-state index contributed by atoms with van der Waals surface area (Å²) in [4.78, 5) is 0. The molecule has 0 aliphatic heterocycles. The van der Waals surface area contributed by atoms with Crippen LogP contribution in [0.15, 0.2) is 24.3 Å². The molecule has 0 amide bonds. The first-order valence-electron chi connectivity index (χ1n) is 5.03. The minimum absolute atomic E-state index is 0.319. The molecule has 1 aromatic carbocycles. The molecule has 0 unspecified atom stereocenters. The van der Waals surface area contributed by atoms with E-state index in [-0.39, 0.29) is 0 Å². The van der Waals surface area contributed by atoms with Crippen molar-refractivity contribution in [2.45, 2.75) is 27.2 Å². The van der Waals surface area contributed by atoms with E-state index in [4.69, 9.17) is 11.6 Å². The summed E-state index contributed by atoms with van der Waals surface area (Å²) in [5.41, 5.74) is 1.34. The van der Waals surface area contributed by atoms with Crippen LogP contribution in [0.4, 0.5) is 5.69 Å². The highest BCUT2D eigenvalue weighted by Crippen LogP contribution is 2.24. The Hall–Kier alpha value is -0.690. The zero-order valence-corrected chi connectivity index (χ0v) is 9.86. The van der Waals surface area contributed by atoms with Gasteiger partial charge in [-0.2, -0.15) is 0 Å². The van der Waals surface area contributed by atoms with E-state index < -0.39 is 0 Å². The van der Waals surface area contributed by atoms with E-state index in [1.54, 1.807) is 0 Å². The van der Waals surface area contributed by atoms with Crippen LogP contribution < -0.4 is 5.32 Å². The van der Waals surface area contributed by atoms with Crippen molar-refractivity contribution >= 4 is 17.3 Å². The third kappa shape index (κ3) is 3.22. The van der Waals surface area contributed by atoms with Crippen LogP contribution in [0.5, 0.6) is 0 Å². The number of anilines is 1. The largest absolute Gasteiger partial charge is 0.383 e. The molecule has 0 radical (unpaired) electrons. The molecule has 0 saturated carbocycles. The van der Waals surface area contributed by atoms with Gasteiger partial charge in [-0.1, -0.05) is 44.5 Å². The number of hydrogen-bond acceptors (Lipinski definition) is 1. The van der Waals surface area contributed by atoms with Crippen LogP contribution in [0.25, 0.3) is 0 Å². The molecule has 1 nitrogen and oxygen atoms in total. The molecule has 0 atom stereocenters. The van der Waals surface area contributed by atoms with Gasteiger partial charge in [0.1, 0.15) is 0 Å². The molecule has 1 N–H and O–H groups in total. The van der Waals surface area contributed by atoms with Crippen molar-refractivity contribution in [2.24, 2.45) is 5.41 Å². The quantitative estimate of drug-likeness (QED) is 0.788. The monoisotopic (exact) mass is 211 g/mol. The minimum atomic E-state index is 0.319. The van der Waals surface area contributed by atoms with Crippen molar-refractivity contribution in [3.05, 3.63) is 29.3 Å². The van der Waals surface area contributed by atoms with E-state index in [1.165, 1.54) is 0 Å². The fraction of sp³-hybridized carbons (Fsp3) is 0.500. The van der Waals surface area contributed by atoms with E-state index in [0.717, 1.165) is 23.7 Å². The number of rotatable bonds is 4. The van der Waals surface area contributed by atoms with Gasteiger partial charge in [0.05, 0.1) is 10.7 Å². The number of hydrogen-bond donors (Lipinski definition) is 1. The molecule has 0 bridgehead atoms. The lowest BCUT2D eigenvalue weighted by atomic mass is 9.90. The summed E-state index contributed by atoms with van der Waals surface area (Å²) in [6, 6.07) is 7.85. The number of nitrogens with one attached hydrogen (secondary N) is 1. The lowest BCUT2D eigenvalue weighted by molar-refractivity contribution is 0.377. The standard InChI is InChI=1S/C12H18ClN/c1-4-12(2,3)9-14-11-8-6-5-7-10(11)13/h5-8,14H,4,9H2,1-3H3. The Balaban J connectivity index is 2.58. The van der Waals surface area contributed by atoms with E-state index in [0.29, 0.717) is 5.41 Å². The maximum absolute atomic E-state index is 6.03. The molecule has 0 fully saturated rings. The summed E-state index contributed by atoms with van der Waals surface area (Å²) in [5, 5.41) is 4.16. The van der Waals surface area contributed by atoms with Crippen molar-refractivity contribution in [3.63, 3.8) is 0 Å². The number of benzene rings is 1. The van der Waals surface area contributed by atoms with Gasteiger partial charge < -0.3 is 5.32 Å². The van der Waals surface area contributed by atoms with Crippen LogP contribution in [0.2, 0.25) is 5.02 Å². The Morgan fingerprint density at radius 3 is 2.50 bits per heavy atom. The van der Waals surface area contributed by atoms with E-state index >= 15 is 0 Å². The Kier molecular flexibility index (Phi) is 3.82. The molecule has 78 valence electrons. The van der Waals surface area contributed by atoms with E-state index in [2.05, 4.69) is 26.1 Å². The van der Waals surface area contributed by atoms with Crippen LogP contribution in [-0.4, -0.2) is 6.54 Å². The topological polar surface area (TPSA) is 12.0 Å². The molecule has 0 saturated heterocycles. The van der Waals surface area contributed by atoms with Crippen molar-refractivity contribution in [3.8, 4) is 0 Å². The molecule has 0 spiro atoms. The molecule has 14 heavy (non-hydrogen) atoms. The third-order valence-corrected chi connectivity index (χ3v) is 2.92. The van der Waals surface area contributed by atoms with Gasteiger partial charge in [0.25, 0.3) is 0 Å². The summed E-state index contributed by atoms with van der Waals surface area (Å²) < 4.78 is 0. The predicted molar refractivity (Wildman–Crippen MR) is 64.0 cm³/mol. The summed E-state index contributed by atoms with van der Waals surface area (Å²) in [6.07, 6.45) is 1.16. The Bertz CT molecular complexity index is 294. The summed E-state index contributed by atoms with van der Waals surface area (Å²) in [6.45, 7) is 7.65. The molecule has 2 heteroatoms.